The Morgan fingerprint density at radius 2 is 1.90 bits per heavy atom. The van der Waals surface area contributed by atoms with Gasteiger partial charge >= 0.3 is 11.8 Å². The van der Waals surface area contributed by atoms with Crippen molar-refractivity contribution in [3.05, 3.63) is 35.2 Å². The third-order valence-electron chi connectivity index (χ3n) is 3.66. The first kappa shape index (κ1) is 14.1. The van der Waals surface area contributed by atoms with E-state index in [1.54, 1.807) is 24.3 Å². The summed E-state index contributed by atoms with van der Waals surface area (Å²) in [5.74, 6) is 0.0978. The molecule has 21 heavy (non-hydrogen) atoms. The van der Waals surface area contributed by atoms with E-state index in [2.05, 4.69) is 15.5 Å². The molecular formula is C15H16ClN3O2. The van der Waals surface area contributed by atoms with Crippen LogP contribution in [0.4, 0.5) is 0 Å². The maximum atomic E-state index is 12.1. The summed E-state index contributed by atoms with van der Waals surface area (Å²) in [5, 5.41) is 7.43. The van der Waals surface area contributed by atoms with Gasteiger partial charge in [0.05, 0.1) is 0 Å². The van der Waals surface area contributed by atoms with Crippen LogP contribution in [0.5, 0.6) is 0 Å². The molecule has 1 aliphatic carbocycles. The molecule has 1 aromatic heterocycles. The average molecular weight is 306 g/mol. The molecule has 6 heteroatoms. The second-order valence-corrected chi connectivity index (χ2v) is 5.67. The van der Waals surface area contributed by atoms with Gasteiger partial charge in [-0.15, -0.1) is 0 Å². The lowest BCUT2D eigenvalue weighted by molar-refractivity contribution is 0.0883. The van der Waals surface area contributed by atoms with E-state index in [1.807, 2.05) is 0 Å². The predicted molar refractivity (Wildman–Crippen MR) is 79.1 cm³/mol. The summed E-state index contributed by atoms with van der Waals surface area (Å²) in [6.07, 6.45) is 5.59. The third kappa shape index (κ3) is 3.42. The fraction of sp³-hybridized carbons (Fsp3) is 0.400. The van der Waals surface area contributed by atoms with Gasteiger partial charge < -0.3 is 9.84 Å². The fourth-order valence-corrected chi connectivity index (χ4v) is 2.65. The Hall–Kier alpha value is -1.88. The number of hydrogen-bond acceptors (Lipinski definition) is 4. The highest BCUT2D eigenvalue weighted by atomic mass is 35.5. The third-order valence-corrected chi connectivity index (χ3v) is 3.92. The summed E-state index contributed by atoms with van der Waals surface area (Å²) in [6, 6.07) is 7.29. The van der Waals surface area contributed by atoms with Crippen LogP contribution in [-0.2, 0) is 0 Å². The molecule has 0 atom stereocenters. The van der Waals surface area contributed by atoms with E-state index >= 15 is 0 Å². The minimum Gasteiger partial charge on any atom is -0.345 e. The molecule has 0 spiro atoms. The SMILES string of the molecule is O=C(NC1CCCCC1)c1nc(-c2ccc(Cl)cc2)no1. The molecule has 0 radical (unpaired) electrons. The number of nitrogens with zero attached hydrogens (tertiary/aromatic N) is 2. The lowest BCUT2D eigenvalue weighted by Gasteiger charge is -2.21. The molecule has 2 aromatic rings. The molecule has 0 saturated heterocycles. The molecule has 3 rings (SSSR count). The minimum atomic E-state index is -0.297. The Balaban J connectivity index is 1.69. The van der Waals surface area contributed by atoms with Crippen molar-refractivity contribution in [1.29, 1.82) is 0 Å². The summed E-state index contributed by atoms with van der Waals surface area (Å²) < 4.78 is 5.05. The van der Waals surface area contributed by atoms with Gasteiger partial charge in [0.15, 0.2) is 0 Å². The number of nitrogens with one attached hydrogen (secondary N) is 1. The van der Waals surface area contributed by atoms with Crippen LogP contribution in [0, 0.1) is 0 Å². The Morgan fingerprint density at radius 1 is 1.19 bits per heavy atom. The van der Waals surface area contributed by atoms with Crippen LogP contribution in [0.1, 0.15) is 42.8 Å². The fourth-order valence-electron chi connectivity index (χ4n) is 2.53. The molecule has 1 aliphatic rings. The van der Waals surface area contributed by atoms with Crippen LogP contribution in [0.2, 0.25) is 5.02 Å². The smallest absolute Gasteiger partial charge is 0.316 e. The molecule has 0 unspecified atom stereocenters. The summed E-state index contributed by atoms with van der Waals surface area (Å²) in [4.78, 5) is 16.2. The number of amides is 1. The second kappa shape index (κ2) is 6.26. The Morgan fingerprint density at radius 3 is 2.62 bits per heavy atom. The number of aromatic nitrogens is 2. The molecule has 5 nitrogen and oxygen atoms in total. The highest BCUT2D eigenvalue weighted by molar-refractivity contribution is 6.30. The molecule has 1 aromatic carbocycles. The zero-order valence-electron chi connectivity index (χ0n) is 11.5. The van der Waals surface area contributed by atoms with E-state index in [0.29, 0.717) is 10.8 Å². The van der Waals surface area contributed by atoms with Gasteiger partial charge in [0.25, 0.3) is 0 Å². The van der Waals surface area contributed by atoms with Crippen molar-refractivity contribution in [2.45, 2.75) is 38.1 Å². The summed E-state index contributed by atoms with van der Waals surface area (Å²) >= 11 is 5.83. The summed E-state index contributed by atoms with van der Waals surface area (Å²) in [6.45, 7) is 0. The first-order chi connectivity index (χ1) is 10.2. The van der Waals surface area contributed by atoms with Crippen molar-refractivity contribution >= 4 is 17.5 Å². The van der Waals surface area contributed by atoms with Gasteiger partial charge in [0.1, 0.15) is 0 Å². The van der Waals surface area contributed by atoms with E-state index < -0.39 is 0 Å². The van der Waals surface area contributed by atoms with Gasteiger partial charge in [0, 0.05) is 16.6 Å². The van der Waals surface area contributed by atoms with Crippen LogP contribution in [-0.4, -0.2) is 22.1 Å². The molecule has 1 N–H and O–H groups in total. The van der Waals surface area contributed by atoms with Crippen LogP contribution in [0.3, 0.4) is 0 Å². The average Bonchev–Trinajstić information content (AvgIpc) is 2.99. The molecule has 0 aliphatic heterocycles. The Labute approximate surface area is 127 Å². The molecule has 110 valence electrons. The van der Waals surface area contributed by atoms with Crippen LogP contribution in [0.25, 0.3) is 11.4 Å². The van der Waals surface area contributed by atoms with Crippen molar-refractivity contribution < 1.29 is 9.32 Å². The maximum absolute atomic E-state index is 12.1. The molecular weight excluding hydrogens is 290 g/mol. The number of carbonyl (C=O) groups is 1. The van der Waals surface area contributed by atoms with Crippen molar-refractivity contribution in [3.8, 4) is 11.4 Å². The number of hydrogen-bond donors (Lipinski definition) is 1. The zero-order chi connectivity index (χ0) is 14.7. The van der Waals surface area contributed by atoms with Gasteiger partial charge in [-0.3, -0.25) is 4.79 Å². The van der Waals surface area contributed by atoms with Gasteiger partial charge in [-0.25, -0.2) is 0 Å². The van der Waals surface area contributed by atoms with Gasteiger partial charge in [-0.1, -0.05) is 36.0 Å². The second-order valence-electron chi connectivity index (χ2n) is 5.24. The van der Waals surface area contributed by atoms with Gasteiger partial charge in [0.2, 0.25) is 5.82 Å². The van der Waals surface area contributed by atoms with E-state index in [-0.39, 0.29) is 17.8 Å². The number of halogens is 1. The van der Waals surface area contributed by atoms with Crippen LogP contribution in [0.15, 0.2) is 28.8 Å². The van der Waals surface area contributed by atoms with Crippen molar-refractivity contribution in [2.24, 2.45) is 0 Å². The Kier molecular flexibility index (Phi) is 4.20. The zero-order valence-corrected chi connectivity index (χ0v) is 12.3. The topological polar surface area (TPSA) is 68.0 Å². The first-order valence-corrected chi connectivity index (χ1v) is 7.51. The first-order valence-electron chi connectivity index (χ1n) is 7.13. The highest BCUT2D eigenvalue weighted by Crippen LogP contribution is 2.20. The highest BCUT2D eigenvalue weighted by Gasteiger charge is 2.21. The summed E-state index contributed by atoms with van der Waals surface area (Å²) in [5.41, 5.74) is 0.764. The lowest BCUT2D eigenvalue weighted by Crippen LogP contribution is -2.36. The quantitative estimate of drug-likeness (QED) is 0.943. The molecule has 1 saturated carbocycles. The molecule has 0 bridgehead atoms. The van der Waals surface area contributed by atoms with Crippen molar-refractivity contribution in [3.63, 3.8) is 0 Å². The lowest BCUT2D eigenvalue weighted by atomic mass is 9.95. The standard InChI is InChI=1S/C15H16ClN3O2/c16-11-8-6-10(7-9-11)13-18-15(21-19-13)14(20)17-12-4-2-1-3-5-12/h6-9,12H,1-5H2,(H,17,20). The van der Waals surface area contributed by atoms with Crippen molar-refractivity contribution in [1.82, 2.24) is 15.5 Å². The van der Waals surface area contributed by atoms with Gasteiger partial charge in [-0.05, 0) is 37.1 Å². The van der Waals surface area contributed by atoms with E-state index in [1.165, 1.54) is 6.42 Å². The number of benzene rings is 1. The largest absolute Gasteiger partial charge is 0.345 e. The monoisotopic (exact) mass is 305 g/mol. The normalized spacial score (nSPS) is 15.9. The maximum Gasteiger partial charge on any atom is 0.316 e. The van der Waals surface area contributed by atoms with Crippen molar-refractivity contribution in [2.75, 3.05) is 0 Å². The summed E-state index contributed by atoms with van der Waals surface area (Å²) in [7, 11) is 0. The number of carbonyl (C=O) groups excluding carboxylic acids is 1. The molecule has 1 fully saturated rings. The minimum absolute atomic E-state index is 0.00511. The number of rotatable bonds is 3. The van der Waals surface area contributed by atoms with E-state index in [0.717, 1.165) is 31.2 Å². The van der Waals surface area contributed by atoms with E-state index in [4.69, 9.17) is 16.1 Å². The Bertz CT molecular complexity index is 618. The van der Waals surface area contributed by atoms with Crippen LogP contribution >= 0.6 is 11.6 Å². The van der Waals surface area contributed by atoms with E-state index in [9.17, 15) is 4.79 Å². The van der Waals surface area contributed by atoms with Crippen LogP contribution < -0.4 is 5.32 Å². The van der Waals surface area contributed by atoms with Gasteiger partial charge in [-0.2, -0.15) is 4.98 Å². The molecule has 1 amide bonds. The predicted octanol–water partition coefficient (Wildman–Crippen LogP) is 3.45. The molecule has 1 heterocycles.